The summed E-state index contributed by atoms with van der Waals surface area (Å²) in [5, 5.41) is 11.8. The van der Waals surface area contributed by atoms with Gasteiger partial charge in [-0.25, -0.2) is 13.6 Å². The Hall–Kier alpha value is -2.38. The zero-order valence-corrected chi connectivity index (χ0v) is 13.1. The molecule has 24 heavy (non-hydrogen) atoms. The minimum absolute atomic E-state index is 0.193. The number of urea groups is 1. The highest BCUT2D eigenvalue weighted by atomic mass is 19.3. The number of hydrogen-bond donors (Lipinski definition) is 2. The molecule has 1 saturated heterocycles. The first-order chi connectivity index (χ1) is 11.5. The van der Waals surface area contributed by atoms with E-state index in [1.54, 1.807) is 24.3 Å². The van der Waals surface area contributed by atoms with Gasteiger partial charge in [0.05, 0.1) is 5.92 Å². The molecule has 0 bridgehead atoms. The van der Waals surface area contributed by atoms with Gasteiger partial charge in [-0.05, 0) is 30.5 Å². The van der Waals surface area contributed by atoms with Gasteiger partial charge in [0.15, 0.2) is 0 Å². The lowest BCUT2D eigenvalue weighted by Gasteiger charge is -2.30. The van der Waals surface area contributed by atoms with Gasteiger partial charge in [-0.3, -0.25) is 4.79 Å². The predicted octanol–water partition coefficient (Wildman–Crippen LogP) is 2.34. The summed E-state index contributed by atoms with van der Waals surface area (Å²) in [6, 6.07) is 6.21. The van der Waals surface area contributed by atoms with Gasteiger partial charge < -0.3 is 20.1 Å². The van der Waals surface area contributed by atoms with Crippen molar-refractivity contribution in [1.29, 1.82) is 0 Å². The second kappa shape index (κ2) is 8.47. The molecule has 2 N–H and O–H groups in total. The molecule has 1 aliphatic rings. The van der Waals surface area contributed by atoms with Gasteiger partial charge >= 0.3 is 12.0 Å². The summed E-state index contributed by atoms with van der Waals surface area (Å²) in [5.41, 5.74) is 0.710. The molecule has 1 aliphatic heterocycles. The molecule has 1 aromatic rings. The molecule has 2 amide bonds. The summed E-state index contributed by atoms with van der Waals surface area (Å²) in [6.45, 7) is 0.241. The normalized spacial score (nSPS) is 17.6. The molecule has 6 nitrogen and oxygen atoms in total. The molecule has 1 atom stereocenters. The molecule has 1 fully saturated rings. The number of carbonyl (C=O) groups excluding carboxylic acids is 1. The molecule has 8 heteroatoms. The molecular weight excluding hydrogens is 322 g/mol. The molecular formula is C16H20F2N2O4. The predicted molar refractivity (Wildman–Crippen MR) is 82.1 cm³/mol. The lowest BCUT2D eigenvalue weighted by Crippen LogP contribution is -2.46. The van der Waals surface area contributed by atoms with E-state index in [4.69, 9.17) is 9.84 Å². The standard InChI is InChI=1S/C16H20F2N2O4/c17-14(18)10-24-13-5-1-3-11(7-13)8-19-16(23)20-6-2-4-12(9-20)15(21)22/h1,3,5,7,12,14H,2,4,6,8-10H2,(H,19,23)(H,21,22). The number of hydrogen-bond acceptors (Lipinski definition) is 3. The van der Waals surface area contributed by atoms with Crippen LogP contribution in [0, 0.1) is 5.92 Å². The van der Waals surface area contributed by atoms with Crippen molar-refractivity contribution in [3.8, 4) is 5.75 Å². The first-order valence-corrected chi connectivity index (χ1v) is 7.71. The average molecular weight is 342 g/mol. The molecule has 1 unspecified atom stereocenters. The monoisotopic (exact) mass is 342 g/mol. The number of nitrogens with zero attached hydrogens (tertiary/aromatic N) is 1. The number of carboxylic acid groups (broad SMARTS) is 1. The van der Waals surface area contributed by atoms with E-state index in [0.29, 0.717) is 30.7 Å². The van der Waals surface area contributed by atoms with Crippen LogP contribution in [0.4, 0.5) is 13.6 Å². The third-order valence-corrected chi connectivity index (χ3v) is 3.78. The first-order valence-electron chi connectivity index (χ1n) is 7.71. The molecule has 2 rings (SSSR count). The van der Waals surface area contributed by atoms with Crippen molar-refractivity contribution >= 4 is 12.0 Å². The Balaban J connectivity index is 1.85. The van der Waals surface area contributed by atoms with Gasteiger partial charge in [-0.15, -0.1) is 0 Å². The third-order valence-electron chi connectivity index (χ3n) is 3.78. The minimum atomic E-state index is -2.55. The van der Waals surface area contributed by atoms with Crippen LogP contribution >= 0.6 is 0 Å². The van der Waals surface area contributed by atoms with E-state index in [1.165, 1.54) is 4.90 Å². The van der Waals surface area contributed by atoms with E-state index in [0.717, 1.165) is 0 Å². The summed E-state index contributed by atoms with van der Waals surface area (Å²) < 4.78 is 29.2. The Morgan fingerprint density at radius 3 is 2.92 bits per heavy atom. The van der Waals surface area contributed by atoms with Crippen molar-refractivity contribution < 1.29 is 28.2 Å². The highest BCUT2D eigenvalue weighted by molar-refractivity contribution is 5.76. The maximum atomic E-state index is 12.1. The van der Waals surface area contributed by atoms with Crippen molar-refractivity contribution in [1.82, 2.24) is 10.2 Å². The smallest absolute Gasteiger partial charge is 0.317 e. The van der Waals surface area contributed by atoms with Gasteiger partial charge in [0.25, 0.3) is 6.43 Å². The number of ether oxygens (including phenoxy) is 1. The number of piperidine rings is 1. The lowest BCUT2D eigenvalue weighted by atomic mass is 9.99. The lowest BCUT2D eigenvalue weighted by molar-refractivity contribution is -0.143. The number of likely N-dealkylation sites (tertiary alicyclic amines) is 1. The number of benzene rings is 1. The summed E-state index contributed by atoms with van der Waals surface area (Å²) in [6.07, 6.45) is -1.32. The SMILES string of the molecule is O=C(O)C1CCCN(C(=O)NCc2cccc(OCC(F)F)c2)C1. The van der Waals surface area contributed by atoms with E-state index < -0.39 is 24.9 Å². The second-order valence-corrected chi connectivity index (χ2v) is 5.63. The Labute approximate surface area is 138 Å². The summed E-state index contributed by atoms with van der Waals surface area (Å²) in [7, 11) is 0. The van der Waals surface area contributed by atoms with Crippen LogP contribution in [0.15, 0.2) is 24.3 Å². The molecule has 1 heterocycles. The maximum Gasteiger partial charge on any atom is 0.317 e. The largest absolute Gasteiger partial charge is 0.488 e. The number of halogens is 2. The van der Waals surface area contributed by atoms with Crippen molar-refractivity contribution in [2.75, 3.05) is 19.7 Å². The van der Waals surface area contributed by atoms with Crippen LogP contribution in [-0.2, 0) is 11.3 Å². The van der Waals surface area contributed by atoms with Gasteiger partial charge in [-0.2, -0.15) is 0 Å². The third kappa shape index (κ3) is 5.36. The second-order valence-electron chi connectivity index (χ2n) is 5.63. The van der Waals surface area contributed by atoms with Crippen LogP contribution in [0.5, 0.6) is 5.75 Å². The van der Waals surface area contributed by atoms with Crippen molar-refractivity contribution in [2.45, 2.75) is 25.8 Å². The molecule has 0 aliphatic carbocycles. The molecule has 0 aromatic heterocycles. The Morgan fingerprint density at radius 2 is 2.21 bits per heavy atom. The summed E-state index contributed by atoms with van der Waals surface area (Å²) in [5.74, 6) is -1.11. The van der Waals surface area contributed by atoms with E-state index in [-0.39, 0.29) is 19.1 Å². The molecule has 0 spiro atoms. The zero-order valence-electron chi connectivity index (χ0n) is 13.1. The number of carboxylic acids is 1. The Morgan fingerprint density at radius 1 is 1.42 bits per heavy atom. The topological polar surface area (TPSA) is 78.9 Å². The van der Waals surface area contributed by atoms with Gasteiger partial charge in [-0.1, -0.05) is 12.1 Å². The van der Waals surface area contributed by atoms with Gasteiger partial charge in [0, 0.05) is 19.6 Å². The van der Waals surface area contributed by atoms with Gasteiger partial charge in [0.1, 0.15) is 12.4 Å². The highest BCUT2D eigenvalue weighted by Crippen LogP contribution is 2.17. The number of rotatable bonds is 6. The van der Waals surface area contributed by atoms with Crippen LogP contribution in [0.25, 0.3) is 0 Å². The fraction of sp³-hybridized carbons (Fsp3) is 0.500. The van der Waals surface area contributed by atoms with Crippen LogP contribution in [0.2, 0.25) is 0 Å². The first kappa shape index (κ1) is 18.0. The number of carbonyl (C=O) groups is 2. The van der Waals surface area contributed by atoms with Crippen molar-refractivity contribution in [3.05, 3.63) is 29.8 Å². The number of amides is 2. The van der Waals surface area contributed by atoms with Crippen LogP contribution in [-0.4, -0.2) is 48.1 Å². The quantitative estimate of drug-likeness (QED) is 0.832. The average Bonchev–Trinajstić information content (AvgIpc) is 2.58. The van der Waals surface area contributed by atoms with Crippen LogP contribution in [0.1, 0.15) is 18.4 Å². The van der Waals surface area contributed by atoms with E-state index in [2.05, 4.69) is 5.32 Å². The number of alkyl halides is 2. The highest BCUT2D eigenvalue weighted by Gasteiger charge is 2.27. The maximum absolute atomic E-state index is 12.1. The molecule has 132 valence electrons. The molecule has 0 radical (unpaired) electrons. The van der Waals surface area contributed by atoms with Crippen LogP contribution < -0.4 is 10.1 Å². The molecule has 0 saturated carbocycles. The molecule has 1 aromatic carbocycles. The zero-order chi connectivity index (χ0) is 17.5. The van der Waals surface area contributed by atoms with E-state index >= 15 is 0 Å². The van der Waals surface area contributed by atoms with Gasteiger partial charge in [0.2, 0.25) is 0 Å². The van der Waals surface area contributed by atoms with Crippen molar-refractivity contribution in [2.24, 2.45) is 5.92 Å². The number of aliphatic carboxylic acids is 1. The fourth-order valence-corrected chi connectivity index (χ4v) is 2.56. The minimum Gasteiger partial charge on any atom is -0.488 e. The Bertz CT molecular complexity index is 583. The fourth-order valence-electron chi connectivity index (χ4n) is 2.56. The summed E-state index contributed by atoms with van der Waals surface area (Å²) >= 11 is 0. The van der Waals surface area contributed by atoms with Crippen molar-refractivity contribution in [3.63, 3.8) is 0 Å². The number of nitrogens with one attached hydrogen (secondary N) is 1. The van der Waals surface area contributed by atoms with Crippen LogP contribution in [0.3, 0.4) is 0 Å². The van der Waals surface area contributed by atoms with E-state index in [9.17, 15) is 18.4 Å². The Kier molecular flexibility index (Phi) is 6.34. The summed E-state index contributed by atoms with van der Waals surface area (Å²) in [4.78, 5) is 24.6. The van der Waals surface area contributed by atoms with E-state index in [1.807, 2.05) is 0 Å².